The first-order valence-electron chi connectivity index (χ1n) is 9.64. The molecule has 1 aliphatic heterocycles. The lowest BCUT2D eigenvalue weighted by molar-refractivity contribution is -0.134. The Bertz CT molecular complexity index is 913. The molecule has 0 aliphatic carbocycles. The topological polar surface area (TPSA) is 51.0 Å². The van der Waals surface area contributed by atoms with Crippen molar-refractivity contribution in [2.24, 2.45) is 0 Å². The van der Waals surface area contributed by atoms with E-state index in [9.17, 15) is 4.79 Å². The molecule has 0 radical (unpaired) electrons. The number of para-hydroxylation sites is 1. The zero-order chi connectivity index (χ0) is 19.5. The minimum atomic E-state index is 0.185. The first-order chi connectivity index (χ1) is 13.6. The number of amides is 1. The summed E-state index contributed by atoms with van der Waals surface area (Å²) in [5.74, 6) is 1.38. The van der Waals surface area contributed by atoms with E-state index in [-0.39, 0.29) is 5.91 Å². The second kappa shape index (κ2) is 8.49. The highest BCUT2D eigenvalue weighted by atomic mass is 32.2. The fraction of sp³-hybridized carbons (Fsp3) is 0.381. The molecule has 146 valence electrons. The minimum Gasteiger partial charge on any atom is -0.337 e. The molecule has 1 amide bonds. The van der Waals surface area contributed by atoms with E-state index in [0.717, 1.165) is 34.4 Å². The number of thioether (sulfide) groups is 1. The molecule has 3 aromatic rings. The molecular formula is C21H24N4OS2. The highest BCUT2D eigenvalue weighted by Gasteiger charge is 2.29. The lowest BCUT2D eigenvalue weighted by atomic mass is 9.98. The summed E-state index contributed by atoms with van der Waals surface area (Å²) in [6.45, 7) is 4.30. The van der Waals surface area contributed by atoms with E-state index in [4.69, 9.17) is 0 Å². The highest BCUT2D eigenvalue weighted by molar-refractivity contribution is 7.99. The van der Waals surface area contributed by atoms with Crippen molar-refractivity contribution < 1.29 is 4.79 Å². The lowest BCUT2D eigenvalue weighted by Gasteiger charge is -2.39. The van der Waals surface area contributed by atoms with E-state index >= 15 is 0 Å². The Morgan fingerprint density at radius 2 is 1.86 bits per heavy atom. The fourth-order valence-electron chi connectivity index (χ4n) is 3.85. The monoisotopic (exact) mass is 412 g/mol. The van der Waals surface area contributed by atoms with E-state index in [0.29, 0.717) is 17.8 Å². The smallest absolute Gasteiger partial charge is 0.233 e. The number of aromatic nitrogens is 3. The largest absolute Gasteiger partial charge is 0.337 e. The second-order valence-electron chi connectivity index (χ2n) is 7.17. The van der Waals surface area contributed by atoms with Crippen LogP contribution in [0.4, 0.5) is 0 Å². The number of rotatable bonds is 5. The van der Waals surface area contributed by atoms with Gasteiger partial charge in [-0.25, -0.2) is 0 Å². The standard InChI is InChI=1S/C21H24N4OS2/c1-15-8-6-9-16(2)24(15)19(26)14-28-21-23-22-20(18-12-7-13-27-18)25(21)17-10-4-3-5-11-17/h3-5,7,10-13,15-16H,6,8-9,14H2,1-2H3. The van der Waals surface area contributed by atoms with Crippen LogP contribution in [0, 0.1) is 0 Å². The van der Waals surface area contributed by atoms with Gasteiger partial charge in [-0.3, -0.25) is 9.36 Å². The quantitative estimate of drug-likeness (QED) is 0.561. The van der Waals surface area contributed by atoms with Crippen LogP contribution in [0.5, 0.6) is 0 Å². The molecule has 0 bridgehead atoms. The van der Waals surface area contributed by atoms with Crippen molar-refractivity contribution in [1.29, 1.82) is 0 Å². The first-order valence-corrected chi connectivity index (χ1v) is 11.5. The molecule has 1 aromatic carbocycles. The number of benzene rings is 1. The van der Waals surface area contributed by atoms with E-state index in [1.54, 1.807) is 11.3 Å². The molecule has 1 saturated heterocycles. The Kier molecular flexibility index (Phi) is 5.82. The van der Waals surface area contributed by atoms with Crippen LogP contribution in [0.2, 0.25) is 0 Å². The molecule has 2 unspecified atom stereocenters. The number of nitrogens with zero attached hydrogens (tertiary/aromatic N) is 4. The van der Waals surface area contributed by atoms with E-state index in [1.807, 2.05) is 52.4 Å². The van der Waals surface area contributed by atoms with Crippen LogP contribution in [0.15, 0.2) is 53.0 Å². The van der Waals surface area contributed by atoms with Gasteiger partial charge in [-0.05, 0) is 56.7 Å². The third-order valence-electron chi connectivity index (χ3n) is 5.20. The molecule has 0 N–H and O–H groups in total. The Morgan fingerprint density at radius 3 is 2.54 bits per heavy atom. The van der Waals surface area contributed by atoms with Crippen LogP contribution >= 0.6 is 23.1 Å². The molecule has 3 heterocycles. The average molecular weight is 413 g/mol. The number of piperidine rings is 1. The van der Waals surface area contributed by atoms with Gasteiger partial charge in [0.2, 0.25) is 5.91 Å². The number of carbonyl (C=O) groups is 1. The molecule has 2 atom stereocenters. The Morgan fingerprint density at radius 1 is 1.11 bits per heavy atom. The van der Waals surface area contributed by atoms with Crippen molar-refractivity contribution in [3.05, 3.63) is 47.8 Å². The van der Waals surface area contributed by atoms with Crippen LogP contribution in [-0.4, -0.2) is 43.4 Å². The summed E-state index contributed by atoms with van der Waals surface area (Å²) < 4.78 is 2.05. The van der Waals surface area contributed by atoms with Crippen molar-refractivity contribution in [2.75, 3.05) is 5.75 Å². The number of thiophene rings is 1. The molecule has 0 saturated carbocycles. The maximum Gasteiger partial charge on any atom is 0.233 e. The SMILES string of the molecule is CC1CCCC(C)N1C(=O)CSc1nnc(-c2cccs2)n1-c1ccccc1. The van der Waals surface area contributed by atoms with E-state index in [2.05, 4.69) is 28.9 Å². The van der Waals surface area contributed by atoms with Crippen LogP contribution in [-0.2, 0) is 4.79 Å². The fourth-order valence-corrected chi connectivity index (χ4v) is 5.37. The van der Waals surface area contributed by atoms with Gasteiger partial charge in [0.15, 0.2) is 11.0 Å². The maximum absolute atomic E-state index is 12.9. The Balaban J connectivity index is 1.59. The third-order valence-corrected chi connectivity index (χ3v) is 6.98. The van der Waals surface area contributed by atoms with Crippen LogP contribution in [0.3, 0.4) is 0 Å². The second-order valence-corrected chi connectivity index (χ2v) is 9.06. The van der Waals surface area contributed by atoms with Gasteiger partial charge < -0.3 is 4.90 Å². The van der Waals surface area contributed by atoms with Crippen molar-refractivity contribution >= 4 is 29.0 Å². The molecule has 4 rings (SSSR count). The molecule has 0 spiro atoms. The van der Waals surface area contributed by atoms with Crippen LogP contribution < -0.4 is 0 Å². The minimum absolute atomic E-state index is 0.185. The zero-order valence-electron chi connectivity index (χ0n) is 16.1. The Labute approximate surface area is 173 Å². The predicted molar refractivity (Wildman–Crippen MR) is 115 cm³/mol. The van der Waals surface area contributed by atoms with Crippen molar-refractivity contribution in [1.82, 2.24) is 19.7 Å². The van der Waals surface area contributed by atoms with E-state index < -0.39 is 0 Å². The number of hydrogen-bond acceptors (Lipinski definition) is 5. The Hall–Kier alpha value is -2.12. The maximum atomic E-state index is 12.9. The van der Waals surface area contributed by atoms with Crippen LogP contribution in [0.1, 0.15) is 33.1 Å². The van der Waals surface area contributed by atoms with Gasteiger partial charge in [0.05, 0.1) is 10.6 Å². The van der Waals surface area contributed by atoms with Gasteiger partial charge in [0.25, 0.3) is 0 Å². The van der Waals surface area contributed by atoms with Crippen LogP contribution in [0.25, 0.3) is 16.4 Å². The summed E-state index contributed by atoms with van der Waals surface area (Å²) in [6, 6.07) is 14.8. The normalized spacial score (nSPS) is 19.7. The molecule has 7 heteroatoms. The van der Waals surface area contributed by atoms with Gasteiger partial charge in [-0.1, -0.05) is 36.0 Å². The number of hydrogen-bond donors (Lipinski definition) is 0. The molecular weight excluding hydrogens is 388 g/mol. The predicted octanol–water partition coefficient (Wildman–Crippen LogP) is 4.88. The van der Waals surface area contributed by atoms with Gasteiger partial charge in [0.1, 0.15) is 0 Å². The molecule has 5 nitrogen and oxygen atoms in total. The highest BCUT2D eigenvalue weighted by Crippen LogP contribution is 2.31. The third kappa shape index (κ3) is 3.86. The number of carbonyl (C=O) groups excluding carboxylic acids is 1. The summed E-state index contributed by atoms with van der Waals surface area (Å²) >= 11 is 3.11. The van der Waals surface area contributed by atoms with Gasteiger partial charge >= 0.3 is 0 Å². The lowest BCUT2D eigenvalue weighted by Crippen LogP contribution is -2.48. The molecule has 1 fully saturated rings. The van der Waals surface area contributed by atoms with Crippen molar-refractivity contribution in [3.8, 4) is 16.4 Å². The van der Waals surface area contributed by atoms with Gasteiger partial charge in [0, 0.05) is 17.8 Å². The van der Waals surface area contributed by atoms with Crippen molar-refractivity contribution in [3.63, 3.8) is 0 Å². The molecule has 1 aliphatic rings. The van der Waals surface area contributed by atoms with Crippen molar-refractivity contribution in [2.45, 2.75) is 50.4 Å². The molecule has 28 heavy (non-hydrogen) atoms. The van der Waals surface area contributed by atoms with Gasteiger partial charge in [-0.15, -0.1) is 21.5 Å². The average Bonchev–Trinajstić information content (AvgIpc) is 3.36. The van der Waals surface area contributed by atoms with Gasteiger partial charge in [-0.2, -0.15) is 0 Å². The summed E-state index contributed by atoms with van der Waals surface area (Å²) in [5.41, 5.74) is 1.01. The van der Waals surface area contributed by atoms with E-state index in [1.165, 1.54) is 18.2 Å². The summed E-state index contributed by atoms with van der Waals surface area (Å²) in [6.07, 6.45) is 3.37. The summed E-state index contributed by atoms with van der Waals surface area (Å²) in [7, 11) is 0. The molecule has 2 aromatic heterocycles. The first kappa shape index (κ1) is 19.2. The number of likely N-dealkylation sites (tertiary alicyclic amines) is 1. The summed E-state index contributed by atoms with van der Waals surface area (Å²) in [4.78, 5) is 16.0. The zero-order valence-corrected chi connectivity index (χ0v) is 17.7. The summed E-state index contributed by atoms with van der Waals surface area (Å²) in [5, 5.41) is 11.6.